The first-order valence-electron chi connectivity index (χ1n) is 5.32. The van der Waals surface area contributed by atoms with Gasteiger partial charge in [0.15, 0.2) is 0 Å². The van der Waals surface area contributed by atoms with Crippen LogP contribution in [0, 0.1) is 0 Å². The molecule has 88 valence electrons. The number of hydrogen-bond donors (Lipinski definition) is 0. The van der Waals surface area contributed by atoms with Gasteiger partial charge in [-0.1, -0.05) is 13.0 Å². The van der Waals surface area contributed by atoms with Crippen molar-refractivity contribution in [3.05, 3.63) is 12.3 Å². The molecule has 15 heavy (non-hydrogen) atoms. The highest BCUT2D eigenvalue weighted by atomic mass is 28.4. The van der Waals surface area contributed by atoms with Crippen LogP contribution in [0.4, 0.5) is 0 Å². The fraction of sp³-hybridized carbons (Fsp3) is 0.800. The van der Waals surface area contributed by atoms with Crippen LogP contribution in [0.1, 0.15) is 19.8 Å². The zero-order valence-corrected chi connectivity index (χ0v) is 11.0. The van der Waals surface area contributed by atoms with E-state index < -0.39 is 8.80 Å². The SMILES string of the molecule is CCC(N1C=CCC1)[Si](OC)(OC)OC. The predicted octanol–water partition coefficient (Wildman–Crippen LogP) is 1.40. The lowest BCUT2D eigenvalue weighted by atomic mass is 10.4. The molecular formula is C10H21NO3Si. The lowest BCUT2D eigenvalue weighted by Gasteiger charge is -2.37. The third kappa shape index (κ3) is 2.42. The van der Waals surface area contributed by atoms with Crippen LogP contribution in [-0.4, -0.2) is 47.2 Å². The van der Waals surface area contributed by atoms with Crippen LogP contribution in [0.2, 0.25) is 0 Å². The molecule has 4 nitrogen and oxygen atoms in total. The van der Waals surface area contributed by atoms with E-state index in [0.717, 1.165) is 19.4 Å². The van der Waals surface area contributed by atoms with Gasteiger partial charge in [0.2, 0.25) is 0 Å². The van der Waals surface area contributed by atoms with Gasteiger partial charge >= 0.3 is 8.80 Å². The Balaban J connectivity index is 2.81. The number of rotatable bonds is 6. The summed E-state index contributed by atoms with van der Waals surface area (Å²) in [6.07, 6.45) is 6.35. The molecule has 5 heteroatoms. The van der Waals surface area contributed by atoms with Crippen molar-refractivity contribution in [1.82, 2.24) is 4.90 Å². The molecule has 0 aromatic heterocycles. The molecule has 0 spiro atoms. The summed E-state index contributed by atoms with van der Waals surface area (Å²) in [5.41, 5.74) is 0.219. The first kappa shape index (κ1) is 12.7. The van der Waals surface area contributed by atoms with Crippen LogP contribution in [-0.2, 0) is 13.3 Å². The summed E-state index contributed by atoms with van der Waals surface area (Å²) in [7, 11) is 2.47. The van der Waals surface area contributed by atoms with E-state index in [-0.39, 0.29) is 5.67 Å². The summed E-state index contributed by atoms with van der Waals surface area (Å²) >= 11 is 0. The molecule has 0 N–H and O–H groups in total. The van der Waals surface area contributed by atoms with Gasteiger partial charge in [-0.05, 0) is 19.0 Å². The van der Waals surface area contributed by atoms with E-state index in [4.69, 9.17) is 13.3 Å². The highest BCUT2D eigenvalue weighted by Crippen LogP contribution is 2.23. The first-order chi connectivity index (χ1) is 7.24. The summed E-state index contributed by atoms with van der Waals surface area (Å²) < 4.78 is 16.6. The van der Waals surface area contributed by atoms with Crippen molar-refractivity contribution in [3.63, 3.8) is 0 Å². The highest BCUT2D eigenvalue weighted by Gasteiger charge is 2.49. The van der Waals surface area contributed by atoms with E-state index in [1.807, 2.05) is 0 Å². The van der Waals surface area contributed by atoms with Crippen LogP contribution in [0.15, 0.2) is 12.3 Å². The summed E-state index contributed by atoms with van der Waals surface area (Å²) in [4.78, 5) is 2.27. The Labute approximate surface area is 93.2 Å². The third-order valence-electron chi connectivity index (χ3n) is 2.90. The van der Waals surface area contributed by atoms with Crippen LogP contribution in [0.3, 0.4) is 0 Å². The Kier molecular flexibility index (Phi) is 4.78. The van der Waals surface area contributed by atoms with Crippen molar-refractivity contribution < 1.29 is 13.3 Å². The number of nitrogens with zero attached hydrogens (tertiary/aromatic N) is 1. The molecule has 0 bridgehead atoms. The Hall–Kier alpha value is -0.363. The minimum absolute atomic E-state index is 0.219. The molecule has 1 atom stereocenters. The second-order valence-corrected chi connectivity index (χ2v) is 6.65. The zero-order valence-electron chi connectivity index (χ0n) is 10.0. The molecule has 0 radical (unpaired) electrons. The molecule has 0 saturated heterocycles. The van der Waals surface area contributed by atoms with E-state index in [1.54, 1.807) is 21.3 Å². The lowest BCUT2D eigenvalue weighted by molar-refractivity contribution is 0.0872. The summed E-state index contributed by atoms with van der Waals surface area (Å²) in [5.74, 6) is 0. The molecule has 0 aromatic carbocycles. The minimum atomic E-state index is -2.54. The van der Waals surface area contributed by atoms with Crippen LogP contribution < -0.4 is 0 Å². The standard InChI is InChI=1S/C10H21NO3Si/c1-5-10(11-8-6-7-9-11)15(12-2,13-3)14-4/h6,8,10H,5,7,9H2,1-4H3. The topological polar surface area (TPSA) is 30.9 Å². The summed E-state index contributed by atoms with van der Waals surface area (Å²) in [5, 5.41) is 0. The van der Waals surface area contributed by atoms with Crippen LogP contribution >= 0.6 is 0 Å². The van der Waals surface area contributed by atoms with E-state index in [9.17, 15) is 0 Å². The second kappa shape index (κ2) is 5.65. The van der Waals surface area contributed by atoms with Crippen molar-refractivity contribution in [2.75, 3.05) is 27.9 Å². The molecule has 1 heterocycles. The molecule has 0 amide bonds. The average molecular weight is 231 g/mol. The van der Waals surface area contributed by atoms with Crippen molar-refractivity contribution in [2.24, 2.45) is 0 Å². The van der Waals surface area contributed by atoms with Crippen molar-refractivity contribution >= 4 is 8.80 Å². The quantitative estimate of drug-likeness (QED) is 0.647. The molecule has 0 aromatic rings. The molecule has 1 aliphatic heterocycles. The maximum absolute atomic E-state index is 5.52. The van der Waals surface area contributed by atoms with Gasteiger partial charge in [-0.2, -0.15) is 0 Å². The zero-order chi connectivity index (χ0) is 11.3. The van der Waals surface area contributed by atoms with Crippen LogP contribution in [0.5, 0.6) is 0 Å². The Morgan fingerprint density at radius 1 is 1.27 bits per heavy atom. The van der Waals surface area contributed by atoms with E-state index in [1.165, 1.54) is 0 Å². The highest BCUT2D eigenvalue weighted by molar-refractivity contribution is 6.62. The van der Waals surface area contributed by atoms with Gasteiger partial charge in [0, 0.05) is 27.9 Å². The van der Waals surface area contributed by atoms with E-state index in [2.05, 4.69) is 24.1 Å². The lowest BCUT2D eigenvalue weighted by Crippen LogP contribution is -2.59. The van der Waals surface area contributed by atoms with Gasteiger partial charge in [-0.3, -0.25) is 0 Å². The molecule has 1 aliphatic rings. The van der Waals surface area contributed by atoms with Crippen molar-refractivity contribution in [3.8, 4) is 0 Å². The van der Waals surface area contributed by atoms with Gasteiger partial charge in [0.25, 0.3) is 0 Å². The largest absolute Gasteiger partial charge is 0.523 e. The average Bonchev–Trinajstić information content (AvgIpc) is 2.79. The third-order valence-corrected chi connectivity index (χ3v) is 6.16. The normalized spacial score (nSPS) is 18.5. The fourth-order valence-corrected chi connectivity index (χ4v) is 4.55. The monoisotopic (exact) mass is 231 g/mol. The molecule has 1 rings (SSSR count). The van der Waals surface area contributed by atoms with Crippen molar-refractivity contribution in [1.29, 1.82) is 0 Å². The summed E-state index contributed by atoms with van der Waals surface area (Å²) in [6.45, 7) is 3.17. The maximum atomic E-state index is 5.52. The fourth-order valence-electron chi connectivity index (χ4n) is 2.11. The molecule has 0 saturated carbocycles. The van der Waals surface area contributed by atoms with E-state index in [0.29, 0.717) is 0 Å². The molecular weight excluding hydrogens is 210 g/mol. The Morgan fingerprint density at radius 3 is 2.20 bits per heavy atom. The van der Waals surface area contributed by atoms with Gasteiger partial charge < -0.3 is 18.2 Å². The second-order valence-electron chi connectivity index (χ2n) is 3.55. The van der Waals surface area contributed by atoms with Gasteiger partial charge in [0.05, 0.1) is 5.67 Å². The smallest absolute Gasteiger partial charge is 0.376 e. The van der Waals surface area contributed by atoms with Crippen LogP contribution in [0.25, 0.3) is 0 Å². The molecule has 1 unspecified atom stereocenters. The van der Waals surface area contributed by atoms with Gasteiger partial charge in [0.1, 0.15) is 0 Å². The maximum Gasteiger partial charge on any atom is 0.523 e. The van der Waals surface area contributed by atoms with E-state index >= 15 is 0 Å². The Bertz CT molecular complexity index is 210. The molecule has 0 fully saturated rings. The number of hydrogen-bond acceptors (Lipinski definition) is 4. The Morgan fingerprint density at radius 2 is 1.87 bits per heavy atom. The summed E-state index contributed by atoms with van der Waals surface area (Å²) in [6, 6.07) is 0. The van der Waals surface area contributed by atoms with Gasteiger partial charge in [-0.15, -0.1) is 0 Å². The minimum Gasteiger partial charge on any atom is -0.376 e. The van der Waals surface area contributed by atoms with Gasteiger partial charge in [-0.25, -0.2) is 0 Å². The predicted molar refractivity (Wildman–Crippen MR) is 61.3 cm³/mol. The molecule has 0 aliphatic carbocycles. The van der Waals surface area contributed by atoms with Crippen molar-refractivity contribution in [2.45, 2.75) is 25.4 Å². The first-order valence-corrected chi connectivity index (χ1v) is 7.12.